The highest BCUT2D eigenvalue weighted by molar-refractivity contribution is 6.55. The van der Waals surface area contributed by atoms with Gasteiger partial charge in [0.2, 0.25) is 0 Å². The summed E-state index contributed by atoms with van der Waals surface area (Å²) < 4.78 is 10.1. The van der Waals surface area contributed by atoms with Crippen molar-refractivity contribution in [2.24, 2.45) is 0 Å². The lowest BCUT2D eigenvalue weighted by atomic mass is 10.0. The van der Waals surface area contributed by atoms with Crippen molar-refractivity contribution in [2.45, 2.75) is 12.5 Å². The highest BCUT2D eigenvalue weighted by Crippen LogP contribution is 2.45. The van der Waals surface area contributed by atoms with Crippen molar-refractivity contribution in [1.82, 2.24) is 4.90 Å². The minimum Gasteiger partial charge on any atom is -0.496 e. The van der Waals surface area contributed by atoms with Crippen molar-refractivity contribution in [3.8, 4) is 5.75 Å². The lowest BCUT2D eigenvalue weighted by molar-refractivity contribution is -0.384. The maximum atomic E-state index is 13.4. The van der Waals surface area contributed by atoms with E-state index in [1.807, 2.05) is 0 Å². The first-order chi connectivity index (χ1) is 19.5. The standard InChI is InChI=1S/C26H17Cl4N3O8/c1-40-13-7-8-14(15(10-13)33(38)39)31-17(34)11-41-26(37)16(9-12-5-3-2-4-6-12)32-24(35)18-19(25(32)36)21(28)23(30)22(29)20(18)27/h2-8,10,16H,9,11H2,1H3,(H,31,34)/t16-/m1/s1. The number of anilines is 1. The highest BCUT2D eigenvalue weighted by Gasteiger charge is 2.47. The first-order valence-corrected chi connectivity index (χ1v) is 13.0. The number of esters is 1. The van der Waals surface area contributed by atoms with Gasteiger partial charge in [0.05, 0.1) is 49.3 Å². The smallest absolute Gasteiger partial charge is 0.330 e. The van der Waals surface area contributed by atoms with Crippen LogP contribution in [0.15, 0.2) is 48.5 Å². The Labute approximate surface area is 252 Å². The number of nitrogens with zero attached hydrogens (tertiary/aromatic N) is 2. The Kier molecular flexibility index (Phi) is 9.03. The fraction of sp³-hybridized carbons (Fsp3) is 0.154. The largest absolute Gasteiger partial charge is 0.496 e. The van der Waals surface area contributed by atoms with Crippen LogP contribution in [0, 0.1) is 10.1 Å². The van der Waals surface area contributed by atoms with E-state index in [-0.39, 0.29) is 49.1 Å². The van der Waals surface area contributed by atoms with E-state index in [1.54, 1.807) is 30.3 Å². The summed E-state index contributed by atoms with van der Waals surface area (Å²) >= 11 is 24.6. The molecule has 0 fully saturated rings. The molecule has 1 atom stereocenters. The molecule has 15 heteroatoms. The topological polar surface area (TPSA) is 145 Å². The number of nitrogens with one attached hydrogen (secondary N) is 1. The molecule has 0 saturated carbocycles. The van der Waals surface area contributed by atoms with E-state index in [0.29, 0.717) is 10.5 Å². The molecule has 0 spiro atoms. The van der Waals surface area contributed by atoms with E-state index in [0.717, 1.165) is 6.07 Å². The number of benzene rings is 3. The number of amides is 3. The van der Waals surface area contributed by atoms with Gasteiger partial charge in [-0.3, -0.25) is 29.4 Å². The van der Waals surface area contributed by atoms with Crippen molar-refractivity contribution in [3.05, 3.63) is 95.4 Å². The van der Waals surface area contributed by atoms with Gasteiger partial charge in [-0.05, 0) is 17.7 Å². The molecule has 1 heterocycles. The van der Waals surface area contributed by atoms with Crippen LogP contribution in [-0.4, -0.2) is 53.3 Å². The second-order valence-corrected chi connectivity index (χ2v) is 10.00. The van der Waals surface area contributed by atoms with E-state index in [9.17, 15) is 29.3 Å². The molecule has 0 aromatic heterocycles. The van der Waals surface area contributed by atoms with Crippen molar-refractivity contribution < 1.29 is 33.6 Å². The van der Waals surface area contributed by atoms with Gasteiger partial charge in [0.25, 0.3) is 23.4 Å². The van der Waals surface area contributed by atoms with E-state index in [2.05, 4.69) is 5.32 Å². The van der Waals surface area contributed by atoms with Gasteiger partial charge in [-0.1, -0.05) is 76.7 Å². The number of nitro benzene ring substituents is 1. The quantitative estimate of drug-likeness (QED) is 0.0794. The Morgan fingerprint density at radius 1 is 0.951 bits per heavy atom. The fourth-order valence-electron chi connectivity index (χ4n) is 4.08. The molecule has 0 radical (unpaired) electrons. The third kappa shape index (κ3) is 5.94. The highest BCUT2D eigenvalue weighted by atomic mass is 35.5. The summed E-state index contributed by atoms with van der Waals surface area (Å²) in [6.07, 6.45) is -0.187. The third-order valence-electron chi connectivity index (χ3n) is 6.01. The molecule has 0 saturated heterocycles. The molecule has 1 N–H and O–H groups in total. The number of ether oxygens (including phenoxy) is 2. The molecule has 3 amide bonds. The number of carbonyl (C=O) groups is 4. The zero-order valence-electron chi connectivity index (χ0n) is 20.8. The first kappa shape index (κ1) is 30.1. The summed E-state index contributed by atoms with van der Waals surface area (Å²) in [6, 6.07) is 10.6. The van der Waals surface area contributed by atoms with Gasteiger partial charge in [0.1, 0.15) is 17.5 Å². The zero-order chi connectivity index (χ0) is 30.0. The van der Waals surface area contributed by atoms with Crippen molar-refractivity contribution >= 4 is 81.5 Å². The summed E-state index contributed by atoms with van der Waals surface area (Å²) in [5, 5.41) is 12.6. The SMILES string of the molecule is COc1ccc(NC(=O)COC(=O)[C@@H](Cc2ccccc2)N2C(=O)c3c(Cl)c(Cl)c(Cl)c(Cl)c3C2=O)c([N+](=O)[O-])c1. The summed E-state index contributed by atoms with van der Waals surface area (Å²) in [5.74, 6) is -3.78. The lowest BCUT2D eigenvalue weighted by Gasteiger charge is -2.24. The van der Waals surface area contributed by atoms with E-state index in [1.165, 1.54) is 19.2 Å². The molecule has 3 aromatic rings. The van der Waals surface area contributed by atoms with Crippen LogP contribution in [0.1, 0.15) is 26.3 Å². The van der Waals surface area contributed by atoms with Crippen LogP contribution in [0.2, 0.25) is 20.1 Å². The van der Waals surface area contributed by atoms with Gasteiger partial charge in [0, 0.05) is 6.42 Å². The number of fused-ring (bicyclic) bond motifs is 1. The number of carbonyl (C=O) groups excluding carboxylic acids is 4. The van der Waals surface area contributed by atoms with Crippen LogP contribution in [0.25, 0.3) is 0 Å². The molecule has 1 aliphatic rings. The molecule has 3 aromatic carbocycles. The monoisotopic (exact) mass is 639 g/mol. The molecule has 11 nitrogen and oxygen atoms in total. The molecule has 4 rings (SSSR count). The number of methoxy groups -OCH3 is 1. The molecule has 41 heavy (non-hydrogen) atoms. The lowest BCUT2D eigenvalue weighted by Crippen LogP contribution is -2.47. The van der Waals surface area contributed by atoms with Gasteiger partial charge in [-0.15, -0.1) is 0 Å². The Morgan fingerprint density at radius 2 is 1.54 bits per heavy atom. The molecular formula is C26H17Cl4N3O8. The van der Waals surface area contributed by atoms with Crippen LogP contribution >= 0.6 is 46.4 Å². The summed E-state index contributed by atoms with van der Waals surface area (Å²) in [4.78, 5) is 64.0. The average molecular weight is 641 g/mol. The van der Waals surface area contributed by atoms with Gasteiger partial charge in [-0.25, -0.2) is 4.79 Å². The molecular weight excluding hydrogens is 624 g/mol. The second kappa shape index (κ2) is 12.3. The van der Waals surface area contributed by atoms with Crippen molar-refractivity contribution in [1.29, 1.82) is 0 Å². The Hall–Kier alpha value is -3.90. The number of imide groups is 1. The molecule has 0 unspecified atom stereocenters. The van der Waals surface area contributed by atoms with Crippen LogP contribution in [0.5, 0.6) is 5.75 Å². The van der Waals surface area contributed by atoms with Gasteiger partial charge in [-0.2, -0.15) is 0 Å². The van der Waals surface area contributed by atoms with Crippen molar-refractivity contribution in [2.75, 3.05) is 19.0 Å². The number of rotatable bonds is 9. The van der Waals surface area contributed by atoms with Crippen molar-refractivity contribution in [3.63, 3.8) is 0 Å². The maximum Gasteiger partial charge on any atom is 0.330 e. The number of hydrogen-bond acceptors (Lipinski definition) is 8. The summed E-state index contributed by atoms with van der Waals surface area (Å²) in [6.45, 7) is -0.893. The predicted octanol–water partition coefficient (Wildman–Crippen LogP) is 5.61. The van der Waals surface area contributed by atoms with E-state index in [4.69, 9.17) is 55.9 Å². The molecule has 212 valence electrons. The second-order valence-electron chi connectivity index (χ2n) is 8.49. The van der Waals surface area contributed by atoms with Crippen LogP contribution < -0.4 is 10.1 Å². The van der Waals surface area contributed by atoms with E-state index >= 15 is 0 Å². The van der Waals surface area contributed by atoms with Crippen LogP contribution in [-0.2, 0) is 20.7 Å². The Bertz CT molecular complexity index is 1550. The van der Waals surface area contributed by atoms with Gasteiger partial charge < -0.3 is 14.8 Å². The fourth-order valence-corrected chi connectivity index (χ4v) is 5.10. The first-order valence-electron chi connectivity index (χ1n) is 11.5. The van der Waals surface area contributed by atoms with Gasteiger partial charge >= 0.3 is 5.97 Å². The zero-order valence-corrected chi connectivity index (χ0v) is 23.8. The molecule has 0 bridgehead atoms. The number of halogens is 4. The number of hydrogen-bond donors (Lipinski definition) is 1. The van der Waals surface area contributed by atoms with Crippen LogP contribution in [0.3, 0.4) is 0 Å². The average Bonchev–Trinajstić information content (AvgIpc) is 3.22. The minimum atomic E-state index is -1.56. The maximum absolute atomic E-state index is 13.4. The minimum absolute atomic E-state index is 0.170. The Morgan fingerprint density at radius 3 is 2.07 bits per heavy atom. The number of nitro groups is 1. The van der Waals surface area contributed by atoms with E-state index < -0.39 is 47.0 Å². The Balaban J connectivity index is 1.60. The predicted molar refractivity (Wildman–Crippen MR) is 150 cm³/mol. The third-order valence-corrected chi connectivity index (χ3v) is 7.81. The normalized spacial score (nSPS) is 13.0. The summed E-state index contributed by atoms with van der Waals surface area (Å²) in [5.41, 5.74) is -0.727. The summed E-state index contributed by atoms with van der Waals surface area (Å²) in [7, 11) is 1.32. The van der Waals surface area contributed by atoms with Gasteiger partial charge in [0.15, 0.2) is 6.61 Å². The molecule has 0 aliphatic carbocycles. The molecule has 1 aliphatic heterocycles. The van der Waals surface area contributed by atoms with Crippen LogP contribution in [0.4, 0.5) is 11.4 Å².